The van der Waals surface area contributed by atoms with E-state index in [0.29, 0.717) is 29.5 Å². The number of ether oxygens (including phenoxy) is 1. The average molecular weight is 289 g/mol. The lowest BCUT2D eigenvalue weighted by atomic mass is 10.0. The normalized spacial score (nSPS) is 24.0. The largest absolute Gasteiger partial charge is 0.482 e. The highest BCUT2D eigenvalue weighted by Gasteiger charge is 2.28. The molecule has 1 aliphatic carbocycles. The molecule has 3 rings (SSSR count). The van der Waals surface area contributed by atoms with Crippen molar-refractivity contribution in [3.8, 4) is 5.75 Å². The molecule has 21 heavy (non-hydrogen) atoms. The Hall–Kier alpha value is -2.08. The lowest BCUT2D eigenvalue weighted by molar-refractivity contribution is -0.118. The third-order valence-corrected chi connectivity index (χ3v) is 4.15. The molecule has 2 atom stereocenters. The van der Waals surface area contributed by atoms with Crippen LogP contribution in [0, 0.1) is 5.92 Å². The number of nitrogens with one attached hydrogen (secondary N) is 2. The first-order valence-electron chi connectivity index (χ1n) is 7.25. The van der Waals surface area contributed by atoms with Gasteiger partial charge in [-0.05, 0) is 43.5 Å². The summed E-state index contributed by atoms with van der Waals surface area (Å²) in [6, 6.07) is 5.20. The van der Waals surface area contributed by atoms with Crippen LogP contribution in [-0.2, 0) is 4.79 Å². The van der Waals surface area contributed by atoms with E-state index in [4.69, 9.17) is 10.5 Å². The lowest BCUT2D eigenvalue weighted by Crippen LogP contribution is -2.39. The summed E-state index contributed by atoms with van der Waals surface area (Å²) >= 11 is 0. The molecule has 0 saturated heterocycles. The molecule has 1 heterocycles. The zero-order chi connectivity index (χ0) is 14.8. The summed E-state index contributed by atoms with van der Waals surface area (Å²) in [5, 5.41) is 5.75. The van der Waals surface area contributed by atoms with Crippen molar-refractivity contribution < 1.29 is 14.3 Å². The maximum absolute atomic E-state index is 12.3. The van der Waals surface area contributed by atoms with Gasteiger partial charge in [-0.25, -0.2) is 0 Å². The van der Waals surface area contributed by atoms with Gasteiger partial charge in [0.2, 0.25) is 0 Å². The molecule has 0 radical (unpaired) electrons. The van der Waals surface area contributed by atoms with Crippen LogP contribution in [0.15, 0.2) is 18.2 Å². The topological polar surface area (TPSA) is 93.5 Å². The molecule has 6 heteroatoms. The number of hydrogen-bond acceptors (Lipinski definition) is 4. The van der Waals surface area contributed by atoms with E-state index in [2.05, 4.69) is 10.6 Å². The monoisotopic (exact) mass is 289 g/mol. The Balaban J connectivity index is 1.73. The molecule has 2 amide bonds. The highest BCUT2D eigenvalue weighted by Crippen LogP contribution is 2.29. The van der Waals surface area contributed by atoms with Gasteiger partial charge in [-0.15, -0.1) is 0 Å². The van der Waals surface area contributed by atoms with Gasteiger partial charge in [0, 0.05) is 11.6 Å². The molecule has 1 saturated carbocycles. The highest BCUT2D eigenvalue weighted by molar-refractivity contribution is 5.99. The Morgan fingerprint density at radius 1 is 1.43 bits per heavy atom. The highest BCUT2D eigenvalue weighted by atomic mass is 16.5. The van der Waals surface area contributed by atoms with Gasteiger partial charge >= 0.3 is 0 Å². The predicted molar refractivity (Wildman–Crippen MR) is 78.2 cm³/mol. The summed E-state index contributed by atoms with van der Waals surface area (Å²) in [5.74, 6) is 0.600. The quantitative estimate of drug-likeness (QED) is 0.770. The number of carbonyl (C=O) groups is 2. The number of benzene rings is 1. The summed E-state index contributed by atoms with van der Waals surface area (Å²) in [7, 11) is 0. The van der Waals surface area contributed by atoms with E-state index >= 15 is 0 Å². The molecule has 6 nitrogen and oxygen atoms in total. The van der Waals surface area contributed by atoms with Crippen LogP contribution in [0.25, 0.3) is 0 Å². The third-order valence-electron chi connectivity index (χ3n) is 4.15. The number of nitrogens with two attached hydrogens (primary N) is 1. The van der Waals surface area contributed by atoms with Gasteiger partial charge in [0.15, 0.2) is 6.61 Å². The first-order valence-corrected chi connectivity index (χ1v) is 7.25. The van der Waals surface area contributed by atoms with Crippen molar-refractivity contribution >= 4 is 17.5 Å². The Bertz CT molecular complexity index is 573. The molecule has 112 valence electrons. The smallest absolute Gasteiger partial charge is 0.262 e. The fraction of sp³-hybridized carbons (Fsp3) is 0.467. The van der Waals surface area contributed by atoms with Gasteiger partial charge in [0.25, 0.3) is 11.8 Å². The van der Waals surface area contributed by atoms with Crippen LogP contribution in [0.4, 0.5) is 5.69 Å². The molecule has 0 bridgehead atoms. The van der Waals surface area contributed by atoms with E-state index in [1.165, 1.54) is 0 Å². The molecular weight excluding hydrogens is 270 g/mol. The number of anilines is 1. The van der Waals surface area contributed by atoms with E-state index in [9.17, 15) is 9.59 Å². The number of fused-ring (bicyclic) bond motifs is 1. The number of amides is 2. The number of carbonyl (C=O) groups excluding carboxylic acids is 2. The van der Waals surface area contributed by atoms with E-state index in [0.717, 1.165) is 19.3 Å². The summed E-state index contributed by atoms with van der Waals surface area (Å²) in [6.07, 6.45) is 3.13. The Morgan fingerprint density at radius 3 is 3.10 bits per heavy atom. The molecule has 2 aliphatic rings. The van der Waals surface area contributed by atoms with Crippen molar-refractivity contribution in [2.24, 2.45) is 11.7 Å². The Labute approximate surface area is 123 Å². The van der Waals surface area contributed by atoms with Crippen molar-refractivity contribution in [3.63, 3.8) is 0 Å². The van der Waals surface area contributed by atoms with Crippen LogP contribution >= 0.6 is 0 Å². The van der Waals surface area contributed by atoms with Crippen LogP contribution in [0.2, 0.25) is 0 Å². The maximum Gasteiger partial charge on any atom is 0.262 e. The molecule has 1 aliphatic heterocycles. The molecule has 4 N–H and O–H groups in total. The molecular formula is C15H19N3O3. The van der Waals surface area contributed by atoms with E-state index in [-0.39, 0.29) is 24.5 Å². The minimum atomic E-state index is -0.209. The second-order valence-electron chi connectivity index (χ2n) is 5.55. The molecule has 1 fully saturated rings. The standard InChI is InChI=1S/C15H19N3O3/c16-7-10-2-1-3-11(10)18-15(20)9-4-5-13-12(6-9)17-14(19)8-21-13/h4-6,10-11H,1-3,7-8,16H2,(H,17,19)(H,18,20). The van der Waals surface area contributed by atoms with Crippen LogP contribution in [0.1, 0.15) is 29.6 Å². The van der Waals surface area contributed by atoms with E-state index < -0.39 is 0 Å². The Morgan fingerprint density at radius 2 is 2.29 bits per heavy atom. The fourth-order valence-electron chi connectivity index (χ4n) is 2.99. The predicted octanol–water partition coefficient (Wildman–Crippen LogP) is 0.875. The maximum atomic E-state index is 12.3. The van der Waals surface area contributed by atoms with Crippen molar-refractivity contribution in [2.45, 2.75) is 25.3 Å². The molecule has 1 aromatic rings. The molecule has 0 aromatic heterocycles. The summed E-state index contributed by atoms with van der Waals surface area (Å²) < 4.78 is 5.28. The minimum Gasteiger partial charge on any atom is -0.482 e. The zero-order valence-electron chi connectivity index (χ0n) is 11.7. The minimum absolute atomic E-state index is 0.0127. The van der Waals surface area contributed by atoms with Crippen molar-refractivity contribution in [3.05, 3.63) is 23.8 Å². The average Bonchev–Trinajstić information content (AvgIpc) is 2.93. The van der Waals surface area contributed by atoms with Gasteiger partial charge in [0.05, 0.1) is 5.69 Å². The van der Waals surface area contributed by atoms with Gasteiger partial charge < -0.3 is 21.1 Å². The van der Waals surface area contributed by atoms with E-state index in [1.54, 1.807) is 18.2 Å². The number of hydrogen-bond donors (Lipinski definition) is 3. The molecule has 2 unspecified atom stereocenters. The molecule has 0 spiro atoms. The fourth-order valence-corrected chi connectivity index (χ4v) is 2.99. The van der Waals surface area contributed by atoms with E-state index in [1.807, 2.05) is 0 Å². The van der Waals surface area contributed by atoms with Gasteiger partial charge in [-0.1, -0.05) is 6.42 Å². The zero-order valence-corrected chi connectivity index (χ0v) is 11.7. The molecule has 1 aromatic carbocycles. The first-order chi connectivity index (χ1) is 10.2. The third kappa shape index (κ3) is 2.85. The second-order valence-corrected chi connectivity index (χ2v) is 5.55. The van der Waals surface area contributed by atoms with Gasteiger partial charge in [-0.3, -0.25) is 9.59 Å². The van der Waals surface area contributed by atoms with Gasteiger partial charge in [-0.2, -0.15) is 0 Å². The van der Waals surface area contributed by atoms with Crippen LogP contribution in [0.5, 0.6) is 5.75 Å². The van der Waals surface area contributed by atoms with Crippen molar-refractivity contribution in [2.75, 3.05) is 18.5 Å². The first kappa shape index (κ1) is 13.9. The van der Waals surface area contributed by atoms with Crippen molar-refractivity contribution in [1.29, 1.82) is 0 Å². The summed E-state index contributed by atoms with van der Waals surface area (Å²) in [5.41, 5.74) is 6.79. The SMILES string of the molecule is NCC1CCCC1NC(=O)c1ccc2c(c1)NC(=O)CO2. The van der Waals surface area contributed by atoms with Crippen molar-refractivity contribution in [1.82, 2.24) is 5.32 Å². The lowest BCUT2D eigenvalue weighted by Gasteiger charge is -2.21. The van der Waals surface area contributed by atoms with Crippen LogP contribution < -0.4 is 21.1 Å². The Kier molecular flexibility index (Phi) is 3.79. The summed E-state index contributed by atoms with van der Waals surface area (Å²) in [6.45, 7) is 0.609. The number of rotatable bonds is 3. The van der Waals surface area contributed by atoms with Crippen LogP contribution in [0.3, 0.4) is 0 Å². The van der Waals surface area contributed by atoms with Gasteiger partial charge in [0.1, 0.15) is 5.75 Å². The summed E-state index contributed by atoms with van der Waals surface area (Å²) in [4.78, 5) is 23.6. The second kappa shape index (κ2) is 5.73. The van der Waals surface area contributed by atoms with Crippen LogP contribution in [-0.4, -0.2) is 31.0 Å².